The van der Waals surface area contributed by atoms with Crippen LogP contribution in [0.15, 0.2) is 96.8 Å². The van der Waals surface area contributed by atoms with E-state index in [0.29, 0.717) is 11.1 Å². The zero-order chi connectivity index (χ0) is 22.0. The molecule has 0 spiro atoms. The minimum Gasteiger partial charge on any atom is -0.506 e. The summed E-state index contributed by atoms with van der Waals surface area (Å²) in [5.41, 5.74) is -0.508. The molecule has 0 saturated heterocycles. The molecule has 0 unspecified atom stereocenters. The minimum absolute atomic E-state index is 0.0152. The van der Waals surface area contributed by atoms with Gasteiger partial charge in [0.15, 0.2) is 0 Å². The Labute approximate surface area is 177 Å². The molecule has 3 aromatic carbocycles. The Balaban J connectivity index is 1.81. The molecule has 0 fully saturated rings. The van der Waals surface area contributed by atoms with Crippen LogP contribution in [0.5, 0.6) is 11.5 Å². The third kappa shape index (κ3) is 3.80. The summed E-state index contributed by atoms with van der Waals surface area (Å²) in [5, 5.41) is 10.8. The molecule has 7 nitrogen and oxygen atoms in total. The molecule has 0 aliphatic heterocycles. The van der Waals surface area contributed by atoms with Crippen molar-refractivity contribution in [2.24, 2.45) is 4.99 Å². The lowest BCUT2D eigenvalue weighted by Crippen LogP contribution is -2.07. The Bertz CT molecular complexity index is 1460. The van der Waals surface area contributed by atoms with Crippen molar-refractivity contribution in [1.82, 2.24) is 0 Å². The lowest BCUT2D eigenvalue weighted by molar-refractivity contribution is 0.416. The van der Waals surface area contributed by atoms with Gasteiger partial charge in [-0.15, -0.1) is 0 Å². The monoisotopic (exact) mass is 435 g/mol. The van der Waals surface area contributed by atoms with Gasteiger partial charge in [-0.3, -0.25) is 4.99 Å². The van der Waals surface area contributed by atoms with Crippen LogP contribution >= 0.6 is 0 Å². The summed E-state index contributed by atoms with van der Waals surface area (Å²) in [7, 11) is -2.36. The Morgan fingerprint density at radius 2 is 1.68 bits per heavy atom. The first-order chi connectivity index (χ1) is 14.9. The number of fused-ring (bicyclic) bond motifs is 1. The fourth-order valence-corrected chi connectivity index (χ4v) is 4.37. The van der Waals surface area contributed by atoms with Gasteiger partial charge in [-0.2, -0.15) is 0 Å². The maximum absolute atomic E-state index is 12.9. The first-order valence-electron chi connectivity index (χ1n) is 9.19. The number of rotatable bonds is 5. The zero-order valence-electron chi connectivity index (χ0n) is 16.3. The summed E-state index contributed by atoms with van der Waals surface area (Å²) in [6.45, 7) is 0. The maximum atomic E-state index is 12.9. The van der Waals surface area contributed by atoms with Crippen LogP contribution in [0, 0.1) is 0 Å². The molecule has 4 aromatic rings. The molecule has 0 amide bonds. The van der Waals surface area contributed by atoms with Gasteiger partial charge in [-0.25, -0.2) is 13.2 Å². The summed E-state index contributed by atoms with van der Waals surface area (Å²) in [5.74, 6) is 0.0237. The van der Waals surface area contributed by atoms with Gasteiger partial charge in [-0.05, 0) is 42.5 Å². The first-order valence-corrected chi connectivity index (χ1v) is 10.7. The van der Waals surface area contributed by atoms with Crippen LogP contribution in [-0.2, 0) is 9.84 Å². The molecule has 0 saturated carbocycles. The number of hydrogen-bond donors (Lipinski definition) is 1. The molecule has 0 aliphatic rings. The highest BCUT2D eigenvalue weighted by molar-refractivity contribution is 7.91. The summed E-state index contributed by atoms with van der Waals surface area (Å²) < 4.78 is 36.3. The second kappa shape index (κ2) is 8.08. The molecule has 0 aliphatic carbocycles. The predicted octanol–water partition coefficient (Wildman–Crippen LogP) is 4.09. The van der Waals surface area contributed by atoms with E-state index in [1.54, 1.807) is 42.5 Å². The molecular formula is C23H17NO6S. The first kappa shape index (κ1) is 20.4. The van der Waals surface area contributed by atoms with Gasteiger partial charge in [0.1, 0.15) is 28.3 Å². The molecule has 0 radical (unpaired) electrons. The zero-order valence-corrected chi connectivity index (χ0v) is 17.2. The molecular weight excluding hydrogens is 418 g/mol. The molecule has 1 N–H and O–H groups in total. The maximum Gasteiger partial charge on any atom is 0.348 e. The third-order valence-electron chi connectivity index (χ3n) is 4.67. The number of benzene rings is 3. The fraction of sp³-hybridized carbons (Fsp3) is 0.0435. The Morgan fingerprint density at radius 3 is 2.42 bits per heavy atom. The topological polar surface area (TPSA) is 106 Å². The van der Waals surface area contributed by atoms with Crippen LogP contribution < -0.4 is 10.4 Å². The van der Waals surface area contributed by atoms with Crippen LogP contribution in [0.25, 0.3) is 11.0 Å². The minimum atomic E-state index is -3.77. The second-order valence-electron chi connectivity index (χ2n) is 6.56. The van der Waals surface area contributed by atoms with Crippen molar-refractivity contribution in [1.29, 1.82) is 0 Å². The quantitative estimate of drug-likeness (QED) is 0.374. The van der Waals surface area contributed by atoms with Crippen molar-refractivity contribution in [2.45, 2.75) is 9.79 Å². The molecule has 1 heterocycles. The van der Waals surface area contributed by atoms with Crippen molar-refractivity contribution in [3.8, 4) is 11.5 Å². The van der Waals surface area contributed by atoms with Crippen molar-refractivity contribution < 1.29 is 22.7 Å². The van der Waals surface area contributed by atoms with Crippen LogP contribution in [0.4, 0.5) is 5.69 Å². The van der Waals surface area contributed by atoms with E-state index in [1.165, 1.54) is 37.4 Å². The summed E-state index contributed by atoms with van der Waals surface area (Å²) in [6, 6.07) is 18.8. The van der Waals surface area contributed by atoms with E-state index in [1.807, 2.05) is 0 Å². The SMILES string of the molecule is COc1ccc(S(=O)(=O)c2ccccc2)cc1N=Cc1c(O)c2ccccc2oc1=O. The standard InChI is InChI=1S/C23H17NO6S/c1-29-21-12-11-16(31(27,28)15-7-3-2-4-8-15)13-19(21)24-14-18-22(25)17-9-5-6-10-20(17)30-23(18)26/h2-14,25H,1H3. The number of ether oxygens (including phenoxy) is 1. The molecule has 31 heavy (non-hydrogen) atoms. The normalized spacial score (nSPS) is 11.8. The van der Waals surface area contributed by atoms with Crippen LogP contribution in [-0.4, -0.2) is 26.8 Å². The van der Waals surface area contributed by atoms with E-state index in [0.717, 1.165) is 6.21 Å². The average Bonchev–Trinajstić information content (AvgIpc) is 2.79. The molecule has 0 atom stereocenters. The predicted molar refractivity (Wildman–Crippen MR) is 116 cm³/mol. The van der Waals surface area contributed by atoms with Gasteiger partial charge in [0.2, 0.25) is 9.84 Å². The number of aromatic hydroxyl groups is 1. The van der Waals surface area contributed by atoms with Gasteiger partial charge in [0.05, 0.1) is 22.3 Å². The van der Waals surface area contributed by atoms with Crippen molar-refractivity contribution >= 4 is 32.7 Å². The van der Waals surface area contributed by atoms with Gasteiger partial charge in [0.25, 0.3) is 0 Å². The van der Waals surface area contributed by atoms with Gasteiger partial charge in [0, 0.05) is 6.21 Å². The highest BCUT2D eigenvalue weighted by Gasteiger charge is 2.19. The van der Waals surface area contributed by atoms with Crippen molar-refractivity contribution in [3.05, 3.63) is 88.8 Å². The van der Waals surface area contributed by atoms with Crippen molar-refractivity contribution in [2.75, 3.05) is 7.11 Å². The third-order valence-corrected chi connectivity index (χ3v) is 6.43. The highest BCUT2D eigenvalue weighted by Crippen LogP contribution is 2.33. The van der Waals surface area contributed by atoms with Crippen molar-refractivity contribution in [3.63, 3.8) is 0 Å². The summed E-state index contributed by atoms with van der Waals surface area (Å²) >= 11 is 0. The molecule has 156 valence electrons. The Hall–Kier alpha value is -3.91. The Morgan fingerprint density at radius 1 is 0.968 bits per heavy atom. The van der Waals surface area contributed by atoms with Gasteiger partial charge >= 0.3 is 5.63 Å². The van der Waals surface area contributed by atoms with E-state index >= 15 is 0 Å². The van der Waals surface area contributed by atoms with E-state index < -0.39 is 15.5 Å². The smallest absolute Gasteiger partial charge is 0.348 e. The number of nitrogens with zero attached hydrogens (tertiary/aromatic N) is 1. The van der Waals surface area contributed by atoms with Crippen LogP contribution in [0.3, 0.4) is 0 Å². The number of methoxy groups -OCH3 is 1. The van der Waals surface area contributed by atoms with E-state index in [9.17, 15) is 18.3 Å². The van der Waals surface area contributed by atoms with E-state index in [4.69, 9.17) is 9.15 Å². The average molecular weight is 435 g/mol. The number of aliphatic imine (C=N–C) groups is 1. The summed E-state index contributed by atoms with van der Waals surface area (Å²) in [4.78, 5) is 16.7. The molecule has 1 aromatic heterocycles. The lowest BCUT2D eigenvalue weighted by atomic mass is 10.1. The Kier molecular flexibility index (Phi) is 5.31. The number of sulfone groups is 1. The summed E-state index contributed by atoms with van der Waals surface area (Å²) in [6.07, 6.45) is 1.13. The highest BCUT2D eigenvalue weighted by atomic mass is 32.2. The second-order valence-corrected chi connectivity index (χ2v) is 8.51. The van der Waals surface area contributed by atoms with Gasteiger partial charge < -0.3 is 14.3 Å². The fourth-order valence-electron chi connectivity index (χ4n) is 3.07. The van der Waals surface area contributed by atoms with E-state index in [-0.39, 0.29) is 32.4 Å². The van der Waals surface area contributed by atoms with Gasteiger partial charge in [-0.1, -0.05) is 30.3 Å². The number of hydrogen-bond acceptors (Lipinski definition) is 7. The molecule has 4 rings (SSSR count). The van der Waals surface area contributed by atoms with E-state index in [2.05, 4.69) is 4.99 Å². The molecule has 0 bridgehead atoms. The molecule has 8 heteroatoms. The van der Waals surface area contributed by atoms with Crippen LogP contribution in [0.2, 0.25) is 0 Å². The van der Waals surface area contributed by atoms with Crippen LogP contribution in [0.1, 0.15) is 5.56 Å². The number of para-hydroxylation sites is 1. The largest absolute Gasteiger partial charge is 0.506 e. The lowest BCUT2D eigenvalue weighted by Gasteiger charge is -2.09.